The summed E-state index contributed by atoms with van der Waals surface area (Å²) in [6.45, 7) is 2.75. The Morgan fingerprint density at radius 2 is 2.33 bits per heavy atom. The second-order valence-electron chi connectivity index (χ2n) is 4.26. The number of nitrogens with zero attached hydrogens (tertiary/aromatic N) is 1. The summed E-state index contributed by atoms with van der Waals surface area (Å²) in [4.78, 5) is 17.1. The molecule has 2 rings (SSSR count). The number of carbonyl (C=O) groups excluding carboxylic acids is 1. The predicted octanol–water partition coefficient (Wildman–Crippen LogP) is 3.21. The SMILES string of the molecule is CCOC(=O)c1cc(NCCc2ccc(Cl)s2)ncc1N. The Bertz CT molecular complexity index is 630. The van der Waals surface area contributed by atoms with Crippen LogP contribution in [0, 0.1) is 0 Å². The van der Waals surface area contributed by atoms with Crippen molar-refractivity contribution in [2.24, 2.45) is 0 Å². The average molecular weight is 326 g/mol. The fraction of sp³-hybridized carbons (Fsp3) is 0.286. The molecule has 2 aromatic rings. The molecule has 0 radical (unpaired) electrons. The van der Waals surface area contributed by atoms with Crippen LogP contribution in [-0.2, 0) is 11.2 Å². The lowest BCUT2D eigenvalue weighted by Gasteiger charge is -2.09. The number of ether oxygens (including phenoxy) is 1. The topological polar surface area (TPSA) is 77.2 Å². The first-order valence-corrected chi connectivity index (χ1v) is 7.70. The Morgan fingerprint density at radius 1 is 1.52 bits per heavy atom. The molecular formula is C14H16ClN3O2S. The fourth-order valence-electron chi connectivity index (χ4n) is 1.75. The predicted molar refractivity (Wildman–Crippen MR) is 86.1 cm³/mol. The number of nitrogen functional groups attached to an aromatic ring is 1. The Balaban J connectivity index is 1.97. The van der Waals surface area contributed by atoms with Gasteiger partial charge in [0.15, 0.2) is 0 Å². The number of nitrogens with one attached hydrogen (secondary N) is 1. The van der Waals surface area contributed by atoms with Gasteiger partial charge < -0.3 is 15.8 Å². The zero-order valence-electron chi connectivity index (χ0n) is 11.6. The maximum absolute atomic E-state index is 11.7. The quantitative estimate of drug-likeness (QED) is 0.797. The molecule has 2 heterocycles. The number of esters is 1. The van der Waals surface area contributed by atoms with Crippen molar-refractivity contribution in [1.29, 1.82) is 0 Å². The number of rotatable bonds is 6. The van der Waals surface area contributed by atoms with Crippen molar-refractivity contribution < 1.29 is 9.53 Å². The minimum absolute atomic E-state index is 0.308. The third kappa shape index (κ3) is 4.34. The second kappa shape index (κ2) is 7.28. The van der Waals surface area contributed by atoms with E-state index in [-0.39, 0.29) is 0 Å². The number of hydrogen-bond donors (Lipinski definition) is 2. The van der Waals surface area contributed by atoms with Gasteiger partial charge in [-0.25, -0.2) is 9.78 Å². The summed E-state index contributed by atoms with van der Waals surface area (Å²) >= 11 is 7.43. The summed E-state index contributed by atoms with van der Waals surface area (Å²) < 4.78 is 5.73. The first kappa shape index (κ1) is 15.6. The number of aromatic nitrogens is 1. The largest absolute Gasteiger partial charge is 0.462 e. The standard InChI is InChI=1S/C14H16ClN3O2S/c1-2-20-14(19)10-7-13(18-8-11(10)16)17-6-5-9-3-4-12(15)21-9/h3-4,7-8H,2,5-6,16H2,1H3,(H,17,18). The first-order valence-electron chi connectivity index (χ1n) is 6.51. The van der Waals surface area contributed by atoms with Gasteiger partial charge in [-0.05, 0) is 31.5 Å². The maximum atomic E-state index is 11.7. The Hall–Kier alpha value is -1.79. The minimum Gasteiger partial charge on any atom is -0.462 e. The van der Waals surface area contributed by atoms with Gasteiger partial charge in [-0.2, -0.15) is 0 Å². The van der Waals surface area contributed by atoms with Crippen molar-refractivity contribution in [2.75, 3.05) is 24.2 Å². The van der Waals surface area contributed by atoms with Crippen molar-refractivity contribution in [1.82, 2.24) is 4.98 Å². The molecule has 0 fully saturated rings. The van der Waals surface area contributed by atoms with Gasteiger partial charge >= 0.3 is 5.97 Å². The molecule has 0 amide bonds. The maximum Gasteiger partial charge on any atom is 0.340 e. The molecular weight excluding hydrogens is 310 g/mol. The summed E-state index contributed by atoms with van der Waals surface area (Å²) in [6.07, 6.45) is 2.29. The molecule has 0 bridgehead atoms. The van der Waals surface area contributed by atoms with Gasteiger partial charge in [-0.3, -0.25) is 0 Å². The van der Waals surface area contributed by atoms with Gasteiger partial charge in [0.1, 0.15) is 5.82 Å². The van der Waals surface area contributed by atoms with Crippen molar-refractivity contribution in [3.8, 4) is 0 Å². The van der Waals surface area contributed by atoms with E-state index in [1.165, 1.54) is 11.1 Å². The number of thiophene rings is 1. The summed E-state index contributed by atoms with van der Waals surface area (Å²) in [5.41, 5.74) is 6.38. The number of anilines is 2. The molecule has 0 saturated heterocycles. The van der Waals surface area contributed by atoms with E-state index in [4.69, 9.17) is 22.1 Å². The van der Waals surface area contributed by atoms with Crippen LogP contribution >= 0.6 is 22.9 Å². The Morgan fingerprint density at radius 3 is 3.00 bits per heavy atom. The fourth-order valence-corrected chi connectivity index (χ4v) is 2.84. The molecule has 7 heteroatoms. The van der Waals surface area contributed by atoms with Crippen LogP contribution in [0.2, 0.25) is 4.34 Å². The zero-order chi connectivity index (χ0) is 15.2. The van der Waals surface area contributed by atoms with Crippen molar-refractivity contribution >= 4 is 40.4 Å². The minimum atomic E-state index is -0.439. The Kier molecular flexibility index (Phi) is 5.41. The monoisotopic (exact) mass is 325 g/mol. The molecule has 0 spiro atoms. The number of halogens is 1. The van der Waals surface area contributed by atoms with Crippen LogP contribution in [0.15, 0.2) is 24.4 Å². The van der Waals surface area contributed by atoms with Gasteiger partial charge in [0.05, 0.1) is 28.4 Å². The highest BCUT2D eigenvalue weighted by Crippen LogP contribution is 2.22. The highest BCUT2D eigenvalue weighted by atomic mass is 35.5. The van der Waals surface area contributed by atoms with E-state index in [1.54, 1.807) is 24.3 Å². The van der Waals surface area contributed by atoms with E-state index in [0.717, 1.165) is 10.8 Å². The van der Waals surface area contributed by atoms with Gasteiger partial charge in [0, 0.05) is 11.4 Å². The molecule has 0 unspecified atom stereocenters. The summed E-state index contributed by atoms with van der Waals surface area (Å²) in [5.74, 6) is 0.153. The molecule has 5 nitrogen and oxygen atoms in total. The number of nitrogens with two attached hydrogens (primary N) is 1. The van der Waals surface area contributed by atoms with E-state index in [9.17, 15) is 4.79 Å². The smallest absolute Gasteiger partial charge is 0.340 e. The van der Waals surface area contributed by atoms with E-state index < -0.39 is 5.97 Å². The number of pyridine rings is 1. The molecule has 21 heavy (non-hydrogen) atoms. The third-order valence-electron chi connectivity index (χ3n) is 2.74. The molecule has 0 saturated carbocycles. The van der Waals surface area contributed by atoms with E-state index in [1.807, 2.05) is 12.1 Å². The molecule has 3 N–H and O–H groups in total. The van der Waals surface area contributed by atoms with Gasteiger partial charge in [-0.1, -0.05) is 11.6 Å². The van der Waals surface area contributed by atoms with Crippen LogP contribution in [-0.4, -0.2) is 24.1 Å². The molecule has 0 aliphatic rings. The normalized spacial score (nSPS) is 10.4. The summed E-state index contributed by atoms with van der Waals surface area (Å²) in [6, 6.07) is 5.48. The lowest BCUT2D eigenvalue weighted by molar-refractivity contribution is 0.0527. The number of carbonyl (C=O) groups is 1. The van der Waals surface area contributed by atoms with Gasteiger partial charge in [0.2, 0.25) is 0 Å². The average Bonchev–Trinajstić information content (AvgIpc) is 2.86. The van der Waals surface area contributed by atoms with E-state index in [2.05, 4.69) is 10.3 Å². The van der Waals surface area contributed by atoms with E-state index >= 15 is 0 Å². The second-order valence-corrected chi connectivity index (χ2v) is 6.06. The van der Waals surface area contributed by atoms with Crippen LogP contribution in [0.5, 0.6) is 0 Å². The van der Waals surface area contributed by atoms with Crippen molar-refractivity contribution in [2.45, 2.75) is 13.3 Å². The summed E-state index contributed by atoms with van der Waals surface area (Å²) in [7, 11) is 0. The van der Waals surface area contributed by atoms with Crippen LogP contribution < -0.4 is 11.1 Å². The first-order chi connectivity index (χ1) is 10.1. The number of hydrogen-bond acceptors (Lipinski definition) is 6. The van der Waals surface area contributed by atoms with E-state index in [0.29, 0.717) is 30.2 Å². The molecule has 112 valence electrons. The molecule has 0 aromatic carbocycles. The van der Waals surface area contributed by atoms with Crippen molar-refractivity contribution in [3.63, 3.8) is 0 Å². The Labute approximate surface area is 132 Å². The van der Waals surface area contributed by atoms with Crippen LogP contribution in [0.4, 0.5) is 11.5 Å². The summed E-state index contributed by atoms with van der Waals surface area (Å²) in [5, 5.41) is 3.16. The molecule has 0 aliphatic carbocycles. The highest BCUT2D eigenvalue weighted by molar-refractivity contribution is 7.16. The lowest BCUT2D eigenvalue weighted by Crippen LogP contribution is -2.11. The van der Waals surface area contributed by atoms with Crippen LogP contribution in [0.3, 0.4) is 0 Å². The van der Waals surface area contributed by atoms with Gasteiger partial charge in [0.25, 0.3) is 0 Å². The van der Waals surface area contributed by atoms with Crippen LogP contribution in [0.1, 0.15) is 22.2 Å². The highest BCUT2D eigenvalue weighted by Gasteiger charge is 2.12. The molecule has 2 aromatic heterocycles. The molecule has 0 atom stereocenters. The van der Waals surface area contributed by atoms with Gasteiger partial charge in [-0.15, -0.1) is 11.3 Å². The zero-order valence-corrected chi connectivity index (χ0v) is 13.1. The molecule has 0 aliphatic heterocycles. The lowest BCUT2D eigenvalue weighted by atomic mass is 10.2. The van der Waals surface area contributed by atoms with Crippen LogP contribution in [0.25, 0.3) is 0 Å². The third-order valence-corrected chi connectivity index (χ3v) is 4.03. The van der Waals surface area contributed by atoms with Crippen molar-refractivity contribution in [3.05, 3.63) is 39.2 Å².